The lowest BCUT2D eigenvalue weighted by molar-refractivity contribution is -0.136. The lowest BCUT2D eigenvalue weighted by Gasteiger charge is -2.10. The van der Waals surface area contributed by atoms with Gasteiger partial charge in [-0.3, -0.25) is 9.48 Å². The van der Waals surface area contributed by atoms with Crippen LogP contribution in [0.3, 0.4) is 0 Å². The number of nitrogens with zero attached hydrogens (tertiary/aromatic N) is 5. The Kier molecular flexibility index (Phi) is 6.21. The van der Waals surface area contributed by atoms with Gasteiger partial charge in [-0.05, 0) is 56.1 Å². The van der Waals surface area contributed by atoms with Gasteiger partial charge >= 0.3 is 6.18 Å². The molecule has 0 spiro atoms. The van der Waals surface area contributed by atoms with E-state index < -0.39 is 11.7 Å². The molecule has 7 nitrogen and oxygen atoms in total. The zero-order valence-corrected chi connectivity index (χ0v) is 18.6. The van der Waals surface area contributed by atoms with Gasteiger partial charge in [0.1, 0.15) is 6.54 Å². The van der Waals surface area contributed by atoms with Gasteiger partial charge in [0.15, 0.2) is 5.65 Å². The van der Waals surface area contributed by atoms with Crippen LogP contribution in [-0.4, -0.2) is 37.0 Å². The highest BCUT2D eigenvalue weighted by atomic mass is 79.9. The van der Waals surface area contributed by atoms with Gasteiger partial charge in [0.2, 0.25) is 5.91 Å². The molecular formula is C19H22BrF3N6O. The van der Waals surface area contributed by atoms with Crippen LogP contribution in [0.2, 0.25) is 0 Å². The Morgan fingerprint density at radius 1 is 1.13 bits per heavy atom. The highest BCUT2D eigenvalue weighted by Crippen LogP contribution is 2.36. The van der Waals surface area contributed by atoms with Gasteiger partial charge in [0.25, 0.3) is 0 Å². The molecule has 0 saturated carbocycles. The predicted octanol–water partition coefficient (Wildman–Crippen LogP) is 3.85. The molecule has 162 valence electrons. The second kappa shape index (κ2) is 8.37. The molecule has 3 aromatic rings. The summed E-state index contributed by atoms with van der Waals surface area (Å²) in [5.74, 6) is -0.342. The van der Waals surface area contributed by atoms with Crippen molar-refractivity contribution in [3.8, 4) is 0 Å². The number of alkyl halides is 3. The second-order valence-electron chi connectivity index (χ2n) is 7.16. The Hall–Kier alpha value is -2.43. The maximum Gasteiger partial charge on any atom is 0.417 e. The number of aromatic nitrogens is 5. The third-order valence-electron chi connectivity index (χ3n) is 4.77. The van der Waals surface area contributed by atoms with Crippen molar-refractivity contribution < 1.29 is 18.0 Å². The number of aryl methyl sites for hydroxylation is 4. The summed E-state index contributed by atoms with van der Waals surface area (Å²) < 4.78 is 44.2. The zero-order chi connectivity index (χ0) is 22.2. The smallest absolute Gasteiger partial charge is 0.354 e. The first-order valence-electron chi connectivity index (χ1n) is 9.37. The molecule has 0 radical (unpaired) electrons. The Balaban J connectivity index is 1.67. The standard InChI is InChI=1S/C19H22BrF3N6O/c1-10-8-14(19(21,22)23)16-11(2)26-29(18(16)25-10)9-15(30)24-6-5-7-28-13(4)17(20)12(3)27-28/h8H,5-7,9H2,1-4H3,(H,24,30). The number of hydrogen-bond donors (Lipinski definition) is 1. The van der Waals surface area contributed by atoms with Crippen molar-refractivity contribution in [1.29, 1.82) is 0 Å². The third-order valence-corrected chi connectivity index (χ3v) is 5.91. The lowest BCUT2D eigenvalue weighted by atomic mass is 10.1. The van der Waals surface area contributed by atoms with Gasteiger partial charge in [-0.15, -0.1) is 0 Å². The summed E-state index contributed by atoms with van der Waals surface area (Å²) >= 11 is 3.47. The number of fused-ring (bicyclic) bond motifs is 1. The molecule has 1 amide bonds. The highest BCUT2D eigenvalue weighted by molar-refractivity contribution is 9.10. The summed E-state index contributed by atoms with van der Waals surface area (Å²) in [5, 5.41) is 11.2. The number of hydrogen-bond acceptors (Lipinski definition) is 4. The Bertz CT molecular complexity index is 1100. The molecule has 3 heterocycles. The first-order chi connectivity index (χ1) is 14.0. The van der Waals surface area contributed by atoms with Crippen molar-refractivity contribution in [2.24, 2.45) is 0 Å². The maximum atomic E-state index is 13.4. The van der Waals surface area contributed by atoms with Crippen LogP contribution >= 0.6 is 15.9 Å². The predicted molar refractivity (Wildman–Crippen MR) is 109 cm³/mol. The van der Waals surface area contributed by atoms with E-state index in [-0.39, 0.29) is 34.9 Å². The number of nitrogens with one attached hydrogen (secondary N) is 1. The molecule has 30 heavy (non-hydrogen) atoms. The van der Waals surface area contributed by atoms with Gasteiger partial charge < -0.3 is 5.32 Å². The molecule has 0 aliphatic rings. The quantitative estimate of drug-likeness (QED) is 0.536. The van der Waals surface area contributed by atoms with Crippen molar-refractivity contribution in [2.75, 3.05) is 6.54 Å². The number of carbonyl (C=O) groups is 1. The summed E-state index contributed by atoms with van der Waals surface area (Å²) in [5.41, 5.74) is 1.59. The topological polar surface area (TPSA) is 77.6 Å². The van der Waals surface area contributed by atoms with Crippen LogP contribution < -0.4 is 5.32 Å². The Labute approximate surface area is 179 Å². The fourth-order valence-electron chi connectivity index (χ4n) is 3.35. The highest BCUT2D eigenvalue weighted by Gasteiger charge is 2.35. The monoisotopic (exact) mass is 486 g/mol. The molecule has 0 atom stereocenters. The molecule has 0 saturated heterocycles. The number of pyridine rings is 1. The van der Waals surface area contributed by atoms with Gasteiger partial charge in [-0.2, -0.15) is 23.4 Å². The molecule has 3 aromatic heterocycles. The van der Waals surface area contributed by atoms with E-state index in [0.717, 1.165) is 21.9 Å². The fourth-order valence-corrected chi connectivity index (χ4v) is 3.64. The van der Waals surface area contributed by atoms with Gasteiger partial charge in [-0.1, -0.05) is 0 Å². The van der Waals surface area contributed by atoms with Crippen LogP contribution in [0, 0.1) is 27.7 Å². The number of rotatable bonds is 6. The van der Waals surface area contributed by atoms with E-state index in [2.05, 4.69) is 36.4 Å². The largest absolute Gasteiger partial charge is 0.417 e. The van der Waals surface area contributed by atoms with Crippen LogP contribution in [0.5, 0.6) is 0 Å². The number of carbonyl (C=O) groups excluding carboxylic acids is 1. The molecule has 0 unspecified atom stereocenters. The molecule has 0 aliphatic carbocycles. The molecule has 0 aliphatic heterocycles. The Morgan fingerprint density at radius 2 is 1.80 bits per heavy atom. The molecule has 0 fully saturated rings. The minimum atomic E-state index is -4.52. The van der Waals surface area contributed by atoms with Crippen LogP contribution in [0.15, 0.2) is 10.5 Å². The number of halogens is 4. The summed E-state index contributed by atoms with van der Waals surface area (Å²) in [6.07, 6.45) is -3.86. The van der Waals surface area contributed by atoms with Crippen molar-refractivity contribution >= 4 is 32.9 Å². The Morgan fingerprint density at radius 3 is 2.40 bits per heavy atom. The second-order valence-corrected chi connectivity index (χ2v) is 7.96. The van der Waals surface area contributed by atoms with Crippen molar-refractivity contribution in [1.82, 2.24) is 29.9 Å². The van der Waals surface area contributed by atoms with Gasteiger partial charge in [0, 0.05) is 24.5 Å². The summed E-state index contributed by atoms with van der Waals surface area (Å²) in [4.78, 5) is 16.5. The van der Waals surface area contributed by atoms with Crippen LogP contribution in [0.25, 0.3) is 11.0 Å². The van der Waals surface area contributed by atoms with Crippen LogP contribution in [0.1, 0.15) is 34.8 Å². The van der Waals surface area contributed by atoms with Crippen LogP contribution in [0.4, 0.5) is 13.2 Å². The molecule has 0 bridgehead atoms. The zero-order valence-electron chi connectivity index (χ0n) is 17.1. The van der Waals surface area contributed by atoms with E-state index in [9.17, 15) is 18.0 Å². The summed E-state index contributed by atoms with van der Waals surface area (Å²) in [6, 6.07) is 0.999. The van der Waals surface area contributed by atoms with Crippen molar-refractivity contribution in [2.45, 2.75) is 53.4 Å². The normalized spacial score (nSPS) is 12.0. The van der Waals surface area contributed by atoms with Gasteiger partial charge in [-0.25, -0.2) is 9.67 Å². The minimum Gasteiger partial charge on any atom is -0.354 e. The first-order valence-corrected chi connectivity index (χ1v) is 10.2. The van der Waals surface area contributed by atoms with Gasteiger partial charge in [0.05, 0.1) is 26.8 Å². The fraction of sp³-hybridized carbons (Fsp3) is 0.474. The molecule has 3 rings (SSSR count). The maximum absolute atomic E-state index is 13.4. The lowest BCUT2D eigenvalue weighted by Crippen LogP contribution is -2.29. The summed E-state index contributed by atoms with van der Waals surface area (Å²) in [7, 11) is 0. The van der Waals surface area contributed by atoms with E-state index in [4.69, 9.17) is 0 Å². The van der Waals surface area contributed by atoms with Crippen molar-refractivity contribution in [3.05, 3.63) is 38.9 Å². The van der Waals surface area contributed by atoms with E-state index in [1.54, 1.807) is 0 Å². The third kappa shape index (κ3) is 4.50. The average molecular weight is 487 g/mol. The molecule has 11 heteroatoms. The average Bonchev–Trinajstić information content (AvgIpc) is 3.08. The SMILES string of the molecule is Cc1cc(C(F)(F)F)c2c(C)nn(CC(=O)NCCCn3nc(C)c(Br)c3C)c2n1. The van der Waals surface area contributed by atoms with E-state index in [0.29, 0.717) is 19.5 Å². The minimum absolute atomic E-state index is 0.0578. The summed E-state index contributed by atoms with van der Waals surface area (Å²) in [6.45, 7) is 7.67. The molecular weight excluding hydrogens is 465 g/mol. The van der Waals surface area contributed by atoms with E-state index in [1.165, 1.54) is 18.5 Å². The van der Waals surface area contributed by atoms with Crippen molar-refractivity contribution in [3.63, 3.8) is 0 Å². The first kappa shape index (κ1) is 22.3. The van der Waals surface area contributed by atoms with Crippen LogP contribution in [-0.2, 0) is 24.1 Å². The van der Waals surface area contributed by atoms with E-state index in [1.807, 2.05) is 18.5 Å². The number of amides is 1. The van der Waals surface area contributed by atoms with E-state index >= 15 is 0 Å². The molecule has 0 aromatic carbocycles. The molecule has 1 N–H and O–H groups in total.